The lowest BCUT2D eigenvalue weighted by molar-refractivity contribution is -0.121. The number of carbonyl (C=O) groups excluding carboxylic acids is 2. The summed E-state index contributed by atoms with van der Waals surface area (Å²) < 4.78 is 4.83. The lowest BCUT2D eigenvalue weighted by Gasteiger charge is -2.05. The van der Waals surface area contributed by atoms with Gasteiger partial charge in [-0.15, -0.1) is 0 Å². The number of hydrogen-bond donors (Lipinski definition) is 1. The van der Waals surface area contributed by atoms with Crippen molar-refractivity contribution in [3.63, 3.8) is 0 Å². The summed E-state index contributed by atoms with van der Waals surface area (Å²) in [6.45, 7) is 1.65. The lowest BCUT2D eigenvalue weighted by Crippen LogP contribution is -2.26. The Labute approximate surface area is 88.2 Å². The van der Waals surface area contributed by atoms with Crippen LogP contribution in [0.15, 0.2) is 30.3 Å². The Bertz CT molecular complexity index is 335. The van der Waals surface area contributed by atoms with Crippen LogP contribution in [0.25, 0.3) is 0 Å². The van der Waals surface area contributed by atoms with Crippen molar-refractivity contribution in [2.45, 2.75) is 13.3 Å². The number of rotatable bonds is 4. The number of benzene rings is 1. The van der Waals surface area contributed by atoms with E-state index in [0.717, 1.165) is 0 Å². The normalized spacial score (nSPS) is 9.40. The zero-order valence-electron chi connectivity index (χ0n) is 8.53. The van der Waals surface area contributed by atoms with E-state index in [1.54, 1.807) is 31.2 Å². The standard InChI is InChI=1S/C11H13NO3/c1-2-10(13)12-8-15-11(14)9-6-4-3-5-7-9/h3-7H,2,8H2,1H3,(H,12,13). The maximum Gasteiger partial charge on any atom is 0.339 e. The number of carbonyl (C=O) groups is 2. The van der Waals surface area contributed by atoms with Crippen molar-refractivity contribution in [1.29, 1.82) is 0 Å². The molecule has 1 aromatic rings. The molecule has 0 aliphatic carbocycles. The molecule has 0 spiro atoms. The molecular weight excluding hydrogens is 194 g/mol. The highest BCUT2D eigenvalue weighted by Gasteiger charge is 2.05. The van der Waals surface area contributed by atoms with E-state index in [4.69, 9.17) is 4.74 Å². The lowest BCUT2D eigenvalue weighted by atomic mass is 10.2. The minimum absolute atomic E-state index is 0.0829. The van der Waals surface area contributed by atoms with Crippen LogP contribution in [0.4, 0.5) is 0 Å². The van der Waals surface area contributed by atoms with Gasteiger partial charge in [0, 0.05) is 6.42 Å². The summed E-state index contributed by atoms with van der Waals surface area (Å²) in [6.07, 6.45) is 0.378. The fourth-order valence-corrected chi connectivity index (χ4v) is 0.965. The fourth-order valence-electron chi connectivity index (χ4n) is 0.965. The van der Waals surface area contributed by atoms with Gasteiger partial charge in [-0.3, -0.25) is 4.79 Å². The third-order valence-corrected chi connectivity index (χ3v) is 1.80. The van der Waals surface area contributed by atoms with E-state index in [9.17, 15) is 9.59 Å². The molecule has 0 heterocycles. The van der Waals surface area contributed by atoms with E-state index >= 15 is 0 Å². The van der Waals surface area contributed by atoms with E-state index in [-0.39, 0.29) is 12.6 Å². The molecule has 4 nitrogen and oxygen atoms in total. The number of amides is 1. The maximum absolute atomic E-state index is 11.3. The van der Waals surface area contributed by atoms with Gasteiger partial charge in [-0.1, -0.05) is 25.1 Å². The molecule has 0 fully saturated rings. The summed E-state index contributed by atoms with van der Waals surface area (Å²) in [6, 6.07) is 8.63. The average molecular weight is 207 g/mol. The number of esters is 1. The first-order valence-corrected chi connectivity index (χ1v) is 4.73. The van der Waals surface area contributed by atoms with Crippen LogP contribution in [0.1, 0.15) is 23.7 Å². The van der Waals surface area contributed by atoms with E-state index < -0.39 is 5.97 Å². The summed E-state index contributed by atoms with van der Waals surface area (Å²) in [5.41, 5.74) is 0.475. The second-order valence-electron chi connectivity index (χ2n) is 2.90. The molecule has 1 rings (SSSR count). The van der Waals surface area contributed by atoms with Crippen LogP contribution < -0.4 is 5.32 Å². The van der Waals surface area contributed by atoms with Crippen molar-refractivity contribution in [2.75, 3.05) is 6.73 Å². The SMILES string of the molecule is CCC(=O)NCOC(=O)c1ccccc1. The second-order valence-corrected chi connectivity index (χ2v) is 2.90. The molecular formula is C11H13NO3. The molecule has 1 N–H and O–H groups in total. The van der Waals surface area contributed by atoms with Crippen LogP contribution >= 0.6 is 0 Å². The van der Waals surface area contributed by atoms with Crippen LogP contribution in [0.2, 0.25) is 0 Å². The Hall–Kier alpha value is -1.84. The van der Waals surface area contributed by atoms with Crippen molar-refractivity contribution in [3.05, 3.63) is 35.9 Å². The Balaban J connectivity index is 2.34. The highest BCUT2D eigenvalue weighted by atomic mass is 16.5. The molecule has 0 radical (unpaired) electrons. The van der Waals surface area contributed by atoms with Gasteiger partial charge in [-0.25, -0.2) is 4.79 Å². The molecule has 0 saturated carbocycles. The molecule has 0 saturated heterocycles. The predicted molar refractivity (Wildman–Crippen MR) is 55.2 cm³/mol. The predicted octanol–water partition coefficient (Wildman–Crippen LogP) is 1.33. The van der Waals surface area contributed by atoms with Gasteiger partial charge < -0.3 is 10.1 Å². The fraction of sp³-hybridized carbons (Fsp3) is 0.273. The molecule has 1 amide bonds. The maximum atomic E-state index is 11.3. The molecule has 80 valence electrons. The Kier molecular flexibility index (Phi) is 4.34. The molecule has 0 bridgehead atoms. The molecule has 15 heavy (non-hydrogen) atoms. The van der Waals surface area contributed by atoms with Crippen LogP contribution in [-0.2, 0) is 9.53 Å². The zero-order chi connectivity index (χ0) is 11.1. The second kappa shape index (κ2) is 5.80. The minimum Gasteiger partial charge on any atom is -0.441 e. The smallest absolute Gasteiger partial charge is 0.339 e. The average Bonchev–Trinajstić information content (AvgIpc) is 2.29. The van der Waals surface area contributed by atoms with Gasteiger partial charge >= 0.3 is 5.97 Å². The Morgan fingerprint density at radius 1 is 1.27 bits per heavy atom. The van der Waals surface area contributed by atoms with E-state index in [1.807, 2.05) is 6.07 Å². The highest BCUT2D eigenvalue weighted by Crippen LogP contribution is 1.99. The van der Waals surface area contributed by atoms with E-state index in [2.05, 4.69) is 5.32 Å². The van der Waals surface area contributed by atoms with Gasteiger partial charge in [0.25, 0.3) is 0 Å². The van der Waals surface area contributed by atoms with Crippen molar-refractivity contribution >= 4 is 11.9 Å². The minimum atomic E-state index is -0.438. The van der Waals surface area contributed by atoms with Gasteiger partial charge in [0.05, 0.1) is 5.56 Å². The molecule has 0 aromatic heterocycles. The zero-order valence-corrected chi connectivity index (χ0v) is 8.53. The summed E-state index contributed by atoms with van der Waals surface area (Å²) in [7, 11) is 0. The first-order chi connectivity index (χ1) is 7.24. The van der Waals surface area contributed by atoms with Gasteiger partial charge in [0.1, 0.15) is 0 Å². The first-order valence-electron chi connectivity index (χ1n) is 4.73. The first kappa shape index (κ1) is 11.2. The summed E-state index contributed by atoms with van der Waals surface area (Å²) in [5, 5.41) is 2.45. The molecule has 1 aromatic carbocycles. The van der Waals surface area contributed by atoms with Crippen molar-refractivity contribution in [2.24, 2.45) is 0 Å². The topological polar surface area (TPSA) is 55.4 Å². The molecule has 0 atom stereocenters. The monoisotopic (exact) mass is 207 g/mol. The van der Waals surface area contributed by atoms with Crippen molar-refractivity contribution < 1.29 is 14.3 Å². The van der Waals surface area contributed by atoms with Gasteiger partial charge in [0.15, 0.2) is 6.73 Å². The van der Waals surface area contributed by atoms with Gasteiger partial charge in [-0.2, -0.15) is 0 Å². The Morgan fingerprint density at radius 2 is 1.93 bits per heavy atom. The third-order valence-electron chi connectivity index (χ3n) is 1.80. The quantitative estimate of drug-likeness (QED) is 0.598. The van der Waals surface area contributed by atoms with Crippen LogP contribution in [0.5, 0.6) is 0 Å². The van der Waals surface area contributed by atoms with Crippen LogP contribution in [0, 0.1) is 0 Å². The highest BCUT2D eigenvalue weighted by molar-refractivity contribution is 5.89. The third kappa shape index (κ3) is 3.81. The molecule has 0 aliphatic rings. The summed E-state index contributed by atoms with van der Waals surface area (Å²) in [4.78, 5) is 22.2. The molecule has 0 unspecified atom stereocenters. The van der Waals surface area contributed by atoms with Crippen LogP contribution in [0.3, 0.4) is 0 Å². The van der Waals surface area contributed by atoms with Gasteiger partial charge in [0.2, 0.25) is 5.91 Å². The number of ether oxygens (including phenoxy) is 1. The van der Waals surface area contributed by atoms with Crippen molar-refractivity contribution in [1.82, 2.24) is 5.32 Å². The number of nitrogens with one attached hydrogen (secondary N) is 1. The number of hydrogen-bond acceptors (Lipinski definition) is 3. The van der Waals surface area contributed by atoms with Crippen molar-refractivity contribution in [3.8, 4) is 0 Å². The summed E-state index contributed by atoms with van der Waals surface area (Å²) in [5.74, 6) is -0.581. The largest absolute Gasteiger partial charge is 0.441 e. The summed E-state index contributed by atoms with van der Waals surface area (Å²) >= 11 is 0. The Morgan fingerprint density at radius 3 is 2.53 bits per heavy atom. The van der Waals surface area contributed by atoms with Gasteiger partial charge in [-0.05, 0) is 12.1 Å². The van der Waals surface area contributed by atoms with E-state index in [0.29, 0.717) is 12.0 Å². The van der Waals surface area contributed by atoms with Crippen LogP contribution in [-0.4, -0.2) is 18.6 Å². The molecule has 0 aliphatic heterocycles. The molecule has 4 heteroatoms. The van der Waals surface area contributed by atoms with E-state index in [1.165, 1.54) is 0 Å².